The van der Waals surface area contributed by atoms with Crippen molar-refractivity contribution >= 4 is 22.4 Å². The van der Waals surface area contributed by atoms with Gasteiger partial charge in [0.15, 0.2) is 5.13 Å². The molecular formula is C11H13F2N5OS. The molecule has 2 aromatic heterocycles. The smallest absolute Gasteiger partial charge is 0.279 e. The molecule has 0 radical (unpaired) electrons. The quantitative estimate of drug-likeness (QED) is 0.708. The second-order valence-corrected chi connectivity index (χ2v) is 4.94. The molecule has 0 unspecified atom stereocenters. The summed E-state index contributed by atoms with van der Waals surface area (Å²) in [7, 11) is 0. The van der Waals surface area contributed by atoms with E-state index in [4.69, 9.17) is 5.73 Å². The lowest BCUT2D eigenvalue weighted by Crippen LogP contribution is -2.25. The standard InChI is InChI=1S/C11H13F2N5OS/c12-9(13)7-4-8(18-17-7)10(19)15-3-1-2-6-5-20-11(14)16-6/h4-5,9H,1-3H2,(H2,14,16)(H,15,19)(H,17,18). The minimum atomic E-state index is -2.67. The van der Waals surface area contributed by atoms with Crippen LogP contribution in [0, 0.1) is 0 Å². The lowest BCUT2D eigenvalue weighted by atomic mass is 10.2. The minimum Gasteiger partial charge on any atom is -0.375 e. The number of carbonyl (C=O) groups is 1. The van der Waals surface area contributed by atoms with Crippen LogP contribution >= 0.6 is 11.3 Å². The number of nitrogens with zero attached hydrogens (tertiary/aromatic N) is 2. The van der Waals surface area contributed by atoms with Crippen LogP contribution in [0.3, 0.4) is 0 Å². The van der Waals surface area contributed by atoms with Gasteiger partial charge in [-0.2, -0.15) is 5.10 Å². The summed E-state index contributed by atoms with van der Waals surface area (Å²) in [5, 5.41) is 10.6. The number of amides is 1. The highest BCUT2D eigenvalue weighted by atomic mass is 32.1. The molecule has 6 nitrogen and oxygen atoms in total. The normalized spacial score (nSPS) is 10.9. The van der Waals surface area contributed by atoms with E-state index in [-0.39, 0.29) is 11.4 Å². The van der Waals surface area contributed by atoms with Crippen molar-refractivity contribution < 1.29 is 13.6 Å². The van der Waals surface area contributed by atoms with Crippen LogP contribution in [-0.2, 0) is 6.42 Å². The summed E-state index contributed by atoms with van der Waals surface area (Å²) in [4.78, 5) is 15.7. The monoisotopic (exact) mass is 301 g/mol. The first kappa shape index (κ1) is 14.4. The van der Waals surface area contributed by atoms with Gasteiger partial charge in [-0.1, -0.05) is 0 Å². The van der Waals surface area contributed by atoms with E-state index in [2.05, 4.69) is 20.5 Å². The zero-order valence-electron chi connectivity index (χ0n) is 10.4. The lowest BCUT2D eigenvalue weighted by molar-refractivity contribution is 0.0948. The molecule has 0 spiro atoms. The number of rotatable bonds is 6. The summed E-state index contributed by atoms with van der Waals surface area (Å²) in [5.74, 6) is -0.481. The van der Waals surface area contributed by atoms with Gasteiger partial charge in [0.25, 0.3) is 12.3 Å². The zero-order valence-corrected chi connectivity index (χ0v) is 11.2. The summed E-state index contributed by atoms with van der Waals surface area (Å²) in [6, 6.07) is 1.04. The fraction of sp³-hybridized carbons (Fsp3) is 0.364. The van der Waals surface area contributed by atoms with Crippen molar-refractivity contribution in [2.24, 2.45) is 0 Å². The Hall–Kier alpha value is -2.03. The van der Waals surface area contributed by atoms with Gasteiger partial charge in [-0.05, 0) is 18.9 Å². The Bertz CT molecular complexity index is 583. The van der Waals surface area contributed by atoms with Crippen molar-refractivity contribution in [2.45, 2.75) is 19.3 Å². The molecule has 0 aliphatic heterocycles. The number of H-pyrrole nitrogens is 1. The molecule has 20 heavy (non-hydrogen) atoms. The first-order valence-electron chi connectivity index (χ1n) is 5.88. The van der Waals surface area contributed by atoms with E-state index in [0.717, 1.165) is 11.8 Å². The summed E-state index contributed by atoms with van der Waals surface area (Å²) < 4.78 is 24.6. The third-order valence-electron chi connectivity index (χ3n) is 2.53. The van der Waals surface area contributed by atoms with E-state index in [1.54, 1.807) is 0 Å². The number of hydrogen-bond donors (Lipinski definition) is 3. The van der Waals surface area contributed by atoms with Crippen molar-refractivity contribution in [1.29, 1.82) is 0 Å². The van der Waals surface area contributed by atoms with Gasteiger partial charge in [0.05, 0.1) is 5.69 Å². The maximum absolute atomic E-state index is 12.3. The van der Waals surface area contributed by atoms with E-state index in [9.17, 15) is 13.6 Å². The Morgan fingerprint density at radius 3 is 2.95 bits per heavy atom. The second kappa shape index (κ2) is 6.42. The highest BCUT2D eigenvalue weighted by molar-refractivity contribution is 7.13. The number of thiazole rings is 1. The molecule has 0 fully saturated rings. The number of nitrogens with one attached hydrogen (secondary N) is 2. The fourth-order valence-corrected chi connectivity index (χ4v) is 2.16. The Labute approximate surface area is 117 Å². The summed E-state index contributed by atoms with van der Waals surface area (Å²) in [5.41, 5.74) is 5.96. The van der Waals surface area contributed by atoms with Crippen LogP contribution in [0.4, 0.5) is 13.9 Å². The highest BCUT2D eigenvalue weighted by Gasteiger charge is 2.15. The molecule has 9 heteroatoms. The number of nitrogens with two attached hydrogens (primary N) is 1. The molecule has 2 aromatic rings. The average molecular weight is 301 g/mol. The number of alkyl halides is 2. The molecule has 4 N–H and O–H groups in total. The Balaban J connectivity index is 1.74. The number of halogens is 2. The van der Waals surface area contributed by atoms with Gasteiger partial charge >= 0.3 is 0 Å². The molecule has 0 saturated heterocycles. The maximum Gasteiger partial charge on any atom is 0.279 e. The number of carbonyl (C=O) groups excluding carboxylic acids is 1. The van der Waals surface area contributed by atoms with E-state index in [1.165, 1.54) is 11.3 Å². The largest absolute Gasteiger partial charge is 0.375 e. The molecule has 1 amide bonds. The summed E-state index contributed by atoms with van der Waals surface area (Å²) in [6.45, 7) is 0.410. The van der Waals surface area contributed by atoms with Gasteiger partial charge in [0, 0.05) is 11.9 Å². The van der Waals surface area contributed by atoms with Crippen LogP contribution in [0.5, 0.6) is 0 Å². The average Bonchev–Trinajstić information content (AvgIpc) is 3.03. The molecule has 2 rings (SSSR count). The van der Waals surface area contributed by atoms with Gasteiger partial charge < -0.3 is 11.1 Å². The number of anilines is 1. The number of nitrogen functional groups attached to an aromatic ring is 1. The van der Waals surface area contributed by atoms with E-state index in [1.807, 2.05) is 5.38 Å². The number of aromatic amines is 1. The predicted octanol–water partition coefficient (Wildman–Crippen LogP) is 1.75. The number of hydrogen-bond acceptors (Lipinski definition) is 5. The van der Waals surface area contributed by atoms with Crippen molar-refractivity contribution in [2.75, 3.05) is 12.3 Å². The molecule has 0 aromatic carbocycles. The van der Waals surface area contributed by atoms with Gasteiger partial charge in [0.2, 0.25) is 0 Å². The summed E-state index contributed by atoms with van der Waals surface area (Å²) >= 11 is 1.37. The van der Waals surface area contributed by atoms with Crippen LogP contribution in [0.1, 0.15) is 34.7 Å². The molecule has 0 aliphatic rings. The number of aromatic nitrogens is 3. The molecular weight excluding hydrogens is 288 g/mol. The third-order valence-corrected chi connectivity index (χ3v) is 3.25. The molecule has 0 saturated carbocycles. The molecule has 0 bridgehead atoms. The van der Waals surface area contributed by atoms with Crippen molar-refractivity contribution in [3.8, 4) is 0 Å². The van der Waals surface area contributed by atoms with Gasteiger partial charge in [-0.25, -0.2) is 13.8 Å². The fourth-order valence-electron chi connectivity index (χ4n) is 1.56. The summed E-state index contributed by atoms with van der Waals surface area (Å²) in [6.07, 6.45) is -1.29. The third kappa shape index (κ3) is 3.73. The predicted molar refractivity (Wildman–Crippen MR) is 70.7 cm³/mol. The van der Waals surface area contributed by atoms with Crippen LogP contribution in [0.25, 0.3) is 0 Å². The topological polar surface area (TPSA) is 96.7 Å². The molecule has 2 heterocycles. The highest BCUT2D eigenvalue weighted by Crippen LogP contribution is 2.16. The Kier molecular flexibility index (Phi) is 4.61. The second-order valence-electron chi connectivity index (χ2n) is 4.05. The van der Waals surface area contributed by atoms with Crippen LogP contribution in [-0.4, -0.2) is 27.6 Å². The van der Waals surface area contributed by atoms with Crippen molar-refractivity contribution in [3.05, 3.63) is 28.5 Å². The van der Waals surface area contributed by atoms with E-state index >= 15 is 0 Å². The molecule has 0 atom stereocenters. The zero-order chi connectivity index (χ0) is 14.5. The van der Waals surface area contributed by atoms with E-state index in [0.29, 0.717) is 24.5 Å². The first-order chi connectivity index (χ1) is 9.56. The van der Waals surface area contributed by atoms with Crippen LogP contribution in [0.15, 0.2) is 11.4 Å². The van der Waals surface area contributed by atoms with Gasteiger partial charge in [-0.3, -0.25) is 9.89 Å². The Morgan fingerprint density at radius 2 is 2.35 bits per heavy atom. The van der Waals surface area contributed by atoms with Crippen molar-refractivity contribution in [1.82, 2.24) is 20.5 Å². The van der Waals surface area contributed by atoms with Gasteiger partial charge in [0.1, 0.15) is 11.4 Å². The number of aryl methyl sites for hydroxylation is 1. The van der Waals surface area contributed by atoms with E-state index < -0.39 is 12.3 Å². The molecule has 108 valence electrons. The maximum atomic E-state index is 12.3. The lowest BCUT2D eigenvalue weighted by Gasteiger charge is -2.01. The van der Waals surface area contributed by atoms with Gasteiger partial charge in [-0.15, -0.1) is 11.3 Å². The van der Waals surface area contributed by atoms with Crippen molar-refractivity contribution in [3.63, 3.8) is 0 Å². The minimum absolute atomic E-state index is 0.0433. The van der Waals surface area contributed by atoms with Crippen LogP contribution < -0.4 is 11.1 Å². The SMILES string of the molecule is Nc1nc(CCCNC(=O)c2cc(C(F)F)[nH]n2)cs1. The molecule has 0 aliphatic carbocycles. The van der Waals surface area contributed by atoms with Crippen LogP contribution in [0.2, 0.25) is 0 Å². The first-order valence-corrected chi connectivity index (χ1v) is 6.75. The Morgan fingerprint density at radius 1 is 1.55 bits per heavy atom.